The number of carboxylic acid groups (broad SMARTS) is 1. The molecule has 4 rings (SSSR count). The number of terminal acetylenes is 1. The zero-order valence-corrected chi connectivity index (χ0v) is 34.0. The van der Waals surface area contributed by atoms with Gasteiger partial charge in [-0.1, -0.05) is 79.7 Å². The highest BCUT2D eigenvalue weighted by molar-refractivity contribution is 7.94. The number of carbonyl (C=O) groups excluding carboxylic acids is 1. The van der Waals surface area contributed by atoms with Gasteiger partial charge in [0.2, 0.25) is 5.89 Å². The van der Waals surface area contributed by atoms with Crippen LogP contribution in [-0.4, -0.2) is 81.5 Å². The third kappa shape index (κ3) is 16.8. The number of carbonyl (C=O) groups is 2. The van der Waals surface area contributed by atoms with Gasteiger partial charge < -0.3 is 28.6 Å². The van der Waals surface area contributed by atoms with E-state index in [0.717, 1.165) is 10.2 Å². The van der Waals surface area contributed by atoms with Crippen LogP contribution in [0, 0.1) is 17.8 Å². The predicted octanol–water partition coefficient (Wildman–Crippen LogP) is 4.74. The highest BCUT2D eigenvalue weighted by Gasteiger charge is 2.40. The normalized spacial score (nSPS) is 14.5. The van der Waals surface area contributed by atoms with Gasteiger partial charge in [0.15, 0.2) is 0 Å². The summed E-state index contributed by atoms with van der Waals surface area (Å²) >= 11 is 18.2. The molecule has 2 heterocycles. The first-order valence-corrected chi connectivity index (χ1v) is 20.5. The summed E-state index contributed by atoms with van der Waals surface area (Å²) in [6.07, 6.45) is 11.0. The summed E-state index contributed by atoms with van der Waals surface area (Å²) in [7, 11) is -3.71. The Hall–Kier alpha value is -3.03. The molecule has 14 nitrogen and oxygen atoms in total. The van der Waals surface area contributed by atoms with Crippen LogP contribution in [0.1, 0.15) is 46.1 Å². The number of halogens is 3. The number of hydroxylamine groups is 2. The molecule has 1 amide bonds. The fraction of sp³-hybridized carbons (Fsp3) is 0.455. The molecule has 19 heteroatoms. The van der Waals surface area contributed by atoms with Crippen LogP contribution in [-0.2, 0) is 41.8 Å². The van der Waals surface area contributed by atoms with E-state index >= 15 is 0 Å². The second-order valence-electron chi connectivity index (χ2n) is 13.0. The van der Waals surface area contributed by atoms with E-state index in [1.54, 1.807) is 0 Å². The summed E-state index contributed by atoms with van der Waals surface area (Å²) in [6.45, 7) is 9.80. The van der Waals surface area contributed by atoms with E-state index in [9.17, 15) is 23.8 Å². The lowest BCUT2D eigenvalue weighted by Crippen LogP contribution is -2.30. The quantitative estimate of drug-likeness (QED) is 0.153. The number of amides is 1. The Bertz CT molecular complexity index is 1800. The summed E-state index contributed by atoms with van der Waals surface area (Å²) in [4.78, 5) is 57.0. The van der Waals surface area contributed by atoms with Crippen molar-refractivity contribution in [2.45, 2.75) is 46.6 Å². The van der Waals surface area contributed by atoms with Gasteiger partial charge in [0, 0.05) is 16.5 Å². The fourth-order valence-electron chi connectivity index (χ4n) is 3.54. The van der Waals surface area contributed by atoms with Crippen LogP contribution in [0.25, 0.3) is 5.69 Å². The van der Waals surface area contributed by atoms with Crippen LogP contribution in [0.15, 0.2) is 45.6 Å². The predicted molar refractivity (Wildman–Crippen MR) is 202 cm³/mol. The molecule has 1 aromatic heterocycles. The molecule has 288 valence electrons. The highest BCUT2D eigenvalue weighted by Crippen LogP contribution is 2.33. The maximum atomic E-state index is 12.0. The molecule has 1 aliphatic rings. The van der Waals surface area contributed by atoms with Gasteiger partial charge in [0.05, 0.1) is 65.9 Å². The summed E-state index contributed by atoms with van der Waals surface area (Å²) in [5.41, 5.74) is 0.366. The van der Waals surface area contributed by atoms with Crippen molar-refractivity contribution in [3.05, 3.63) is 73.5 Å². The van der Waals surface area contributed by atoms with E-state index in [4.69, 9.17) is 65.2 Å². The van der Waals surface area contributed by atoms with Gasteiger partial charge in [0.1, 0.15) is 20.0 Å². The molecule has 3 aromatic rings. The first-order chi connectivity index (χ1) is 23.9. The van der Waals surface area contributed by atoms with Crippen molar-refractivity contribution in [3.63, 3.8) is 0 Å². The van der Waals surface area contributed by atoms with Gasteiger partial charge in [-0.3, -0.25) is 19.7 Å². The standard InChI is InChI=1S/C15H14Cl2N2O3.C12H14ClNO2.C3H8NO5P.C3H9S/c1-5-6-21-12-8-11(9(16)7-10(12)17)19-14(20)22-13(18-19)15(2,3)4;1-12(2)8-16-14(11(12)15)7-9-5-3-4-6-10(9)13;5-3(6)1-4-2-10(7,8)9;1-4(2)3/h1,7-8H,6H2,2-4H3;3-6H,7-8H2,1-2H3;4H,1-2H2,(H,5,6)(H2,7,8,9);1-3H3/q;;;+1/p-1. The Morgan fingerprint density at radius 3 is 2.21 bits per heavy atom. The molecule has 0 spiro atoms. The molecule has 0 saturated carbocycles. The molecular weight excluding hydrogens is 782 g/mol. The molecule has 1 atom stereocenters. The largest absolute Gasteiger partial charge is 0.778 e. The molecule has 2 aromatic carbocycles. The van der Waals surface area contributed by atoms with Crippen molar-refractivity contribution in [1.82, 2.24) is 20.2 Å². The maximum Gasteiger partial charge on any atom is 0.442 e. The minimum Gasteiger partial charge on any atom is -0.778 e. The number of aromatic nitrogens is 2. The molecule has 1 aliphatic heterocycles. The van der Waals surface area contributed by atoms with Crippen molar-refractivity contribution >= 4 is 65.2 Å². The maximum absolute atomic E-state index is 12.0. The van der Waals surface area contributed by atoms with Gasteiger partial charge in [-0.25, -0.2) is 9.86 Å². The van der Waals surface area contributed by atoms with Crippen LogP contribution in [0.5, 0.6) is 5.75 Å². The Morgan fingerprint density at radius 1 is 1.15 bits per heavy atom. The van der Waals surface area contributed by atoms with Crippen LogP contribution in [0.2, 0.25) is 15.1 Å². The lowest BCUT2D eigenvalue weighted by molar-refractivity contribution is -0.193. The molecule has 1 saturated heterocycles. The van der Waals surface area contributed by atoms with E-state index in [-0.39, 0.29) is 22.6 Å². The van der Waals surface area contributed by atoms with E-state index in [1.165, 1.54) is 17.2 Å². The van der Waals surface area contributed by atoms with Gasteiger partial charge in [0.25, 0.3) is 5.91 Å². The highest BCUT2D eigenvalue weighted by atomic mass is 35.5. The van der Waals surface area contributed by atoms with Gasteiger partial charge in [-0.2, -0.15) is 4.68 Å². The topological polar surface area (TPSA) is 196 Å². The Kier molecular flexibility index (Phi) is 19.0. The van der Waals surface area contributed by atoms with Crippen molar-refractivity contribution < 1.29 is 43.0 Å². The Balaban J connectivity index is 0.000000394. The summed E-state index contributed by atoms with van der Waals surface area (Å²) in [6, 6.07) is 10.4. The van der Waals surface area contributed by atoms with Gasteiger partial charge in [-0.05, 0) is 42.4 Å². The Labute approximate surface area is 321 Å². The number of benzene rings is 2. The van der Waals surface area contributed by atoms with Gasteiger partial charge >= 0.3 is 11.7 Å². The molecule has 0 radical (unpaired) electrons. The third-order valence-corrected chi connectivity index (χ3v) is 7.57. The second-order valence-corrected chi connectivity index (χ2v) is 18.3. The number of hydrogen-bond donors (Lipinski definition) is 3. The lowest BCUT2D eigenvalue weighted by Gasteiger charge is -2.16. The number of nitrogens with zero attached hydrogens (tertiary/aromatic N) is 3. The molecule has 52 heavy (non-hydrogen) atoms. The third-order valence-electron chi connectivity index (χ3n) is 5.98. The second kappa shape index (κ2) is 21.0. The van der Waals surface area contributed by atoms with Crippen LogP contribution >= 0.6 is 42.4 Å². The van der Waals surface area contributed by atoms with Crippen molar-refractivity contribution in [2.24, 2.45) is 5.41 Å². The average molecular weight is 826 g/mol. The van der Waals surface area contributed by atoms with Crippen LogP contribution in [0.3, 0.4) is 0 Å². The number of carboxylic acids is 1. The summed E-state index contributed by atoms with van der Waals surface area (Å²) in [5, 5.41) is 16.7. The molecule has 0 bridgehead atoms. The zero-order chi connectivity index (χ0) is 40.0. The average Bonchev–Trinajstić information content (AvgIpc) is 3.52. The SMILES string of the molecule is C#CCOc1cc(-n2nc(C(C)(C)C)oc2=O)c(Cl)cc1Cl.CC1(C)CON(Cc2ccccc2Cl)C1=O.C[S+](C)C.O=C(O)CNCP(=O)([O-])O. The number of nitrogens with one attached hydrogen (secondary N) is 1. The smallest absolute Gasteiger partial charge is 0.442 e. The van der Waals surface area contributed by atoms with Crippen LogP contribution in [0.4, 0.5) is 0 Å². The van der Waals surface area contributed by atoms with Crippen molar-refractivity contribution in [1.29, 1.82) is 0 Å². The first-order valence-electron chi connectivity index (χ1n) is 15.2. The number of hydrogen-bond acceptors (Lipinski definition) is 10. The lowest BCUT2D eigenvalue weighted by atomic mass is 9.95. The molecule has 0 aliphatic carbocycles. The van der Waals surface area contributed by atoms with Crippen molar-refractivity contribution in [2.75, 3.05) is 44.8 Å². The van der Waals surface area contributed by atoms with Crippen LogP contribution < -0.4 is 20.7 Å². The first kappa shape index (κ1) is 47.0. The summed E-state index contributed by atoms with van der Waals surface area (Å²) < 4.78 is 21.5. The molecule has 1 unspecified atom stereocenters. The number of rotatable bonds is 9. The van der Waals surface area contributed by atoms with E-state index in [2.05, 4.69) is 29.8 Å². The fourth-order valence-corrected chi connectivity index (χ4v) is 4.65. The van der Waals surface area contributed by atoms with Gasteiger partial charge in [-0.15, -0.1) is 11.5 Å². The van der Waals surface area contributed by atoms with E-state index in [1.807, 2.05) is 64.2 Å². The monoisotopic (exact) mass is 824 g/mol. The summed E-state index contributed by atoms with van der Waals surface area (Å²) in [5.74, 6) is 1.14. The van der Waals surface area contributed by atoms with E-state index < -0.39 is 43.0 Å². The minimum absolute atomic E-state index is 0.00687. The van der Waals surface area contributed by atoms with E-state index in [0.29, 0.717) is 46.4 Å². The Morgan fingerprint density at radius 2 is 1.75 bits per heavy atom. The van der Waals surface area contributed by atoms with Crippen molar-refractivity contribution in [3.8, 4) is 23.8 Å². The molecule has 1 fully saturated rings. The minimum atomic E-state index is -4.35. The number of ether oxygens (including phenoxy) is 1. The molecule has 3 N–H and O–H groups in total. The zero-order valence-electron chi connectivity index (χ0n) is 30.1. The number of aliphatic carboxylic acids is 1. The molecular formula is C33H44Cl3N4O10PS.